The first-order chi connectivity index (χ1) is 11.7. The summed E-state index contributed by atoms with van der Waals surface area (Å²) >= 11 is 0. The molecule has 1 N–H and O–H groups in total. The fraction of sp³-hybridized carbons (Fsp3) is 0.588. The highest BCUT2D eigenvalue weighted by atomic mass is 16.3. The van der Waals surface area contributed by atoms with Gasteiger partial charge in [-0.3, -0.25) is 9.80 Å². The molecule has 0 spiro atoms. The number of aromatic nitrogens is 4. The molecule has 0 aliphatic carbocycles. The average Bonchev–Trinajstić information content (AvgIpc) is 3.13. The normalized spacial score (nSPS) is 19.3. The zero-order chi connectivity index (χ0) is 16.9. The maximum atomic E-state index is 9.48. The van der Waals surface area contributed by atoms with E-state index in [0.29, 0.717) is 0 Å². The Morgan fingerprint density at radius 1 is 1.08 bits per heavy atom. The molecule has 24 heavy (non-hydrogen) atoms. The monoisotopic (exact) mass is 330 g/mol. The van der Waals surface area contributed by atoms with Crippen LogP contribution in [-0.4, -0.2) is 73.9 Å². The highest BCUT2D eigenvalue weighted by Gasteiger charge is 2.28. The molecule has 0 unspecified atom stereocenters. The molecular formula is C17H26N6O. The van der Waals surface area contributed by atoms with E-state index < -0.39 is 0 Å². The minimum Gasteiger partial charge on any atom is -0.395 e. The third-order valence-electron chi connectivity index (χ3n) is 4.96. The lowest BCUT2D eigenvalue weighted by Gasteiger charge is -2.40. The minimum atomic E-state index is 0.150. The highest BCUT2D eigenvalue weighted by Crippen LogP contribution is 2.22. The molecule has 130 valence electrons. The van der Waals surface area contributed by atoms with Crippen molar-refractivity contribution in [2.45, 2.75) is 32.4 Å². The van der Waals surface area contributed by atoms with Gasteiger partial charge in [0.25, 0.3) is 0 Å². The molecule has 1 aromatic carbocycles. The topological polar surface area (TPSA) is 70.3 Å². The van der Waals surface area contributed by atoms with Crippen LogP contribution in [0.2, 0.25) is 0 Å². The first kappa shape index (κ1) is 17.0. The van der Waals surface area contributed by atoms with Crippen molar-refractivity contribution >= 4 is 0 Å². The SMILES string of the molecule is CC[C@H](CO)N1CCN([C@H](C)c2nnnn2-c2ccccc2)CC1. The van der Waals surface area contributed by atoms with Crippen molar-refractivity contribution in [1.29, 1.82) is 0 Å². The molecule has 7 heteroatoms. The van der Waals surface area contributed by atoms with Gasteiger partial charge >= 0.3 is 0 Å². The van der Waals surface area contributed by atoms with E-state index >= 15 is 0 Å². The summed E-state index contributed by atoms with van der Waals surface area (Å²) in [6.45, 7) is 8.37. The van der Waals surface area contributed by atoms with Crippen molar-refractivity contribution in [2.75, 3.05) is 32.8 Å². The van der Waals surface area contributed by atoms with Crippen LogP contribution in [0.15, 0.2) is 30.3 Å². The lowest BCUT2D eigenvalue weighted by molar-refractivity contribution is 0.0466. The van der Waals surface area contributed by atoms with Gasteiger partial charge in [0.2, 0.25) is 0 Å². The van der Waals surface area contributed by atoms with E-state index in [-0.39, 0.29) is 18.7 Å². The molecule has 2 aromatic rings. The van der Waals surface area contributed by atoms with E-state index in [1.54, 1.807) is 0 Å². The largest absolute Gasteiger partial charge is 0.395 e. The molecule has 2 atom stereocenters. The van der Waals surface area contributed by atoms with Crippen molar-refractivity contribution < 1.29 is 5.11 Å². The average molecular weight is 330 g/mol. The lowest BCUT2D eigenvalue weighted by Crippen LogP contribution is -2.51. The molecule has 0 radical (unpaired) electrons. The quantitative estimate of drug-likeness (QED) is 0.856. The van der Waals surface area contributed by atoms with E-state index in [1.165, 1.54) is 0 Å². The van der Waals surface area contributed by atoms with E-state index in [1.807, 2.05) is 35.0 Å². The predicted octanol–water partition coefficient (Wildman–Crippen LogP) is 1.11. The number of hydrogen-bond acceptors (Lipinski definition) is 6. The van der Waals surface area contributed by atoms with E-state index in [4.69, 9.17) is 0 Å². The number of benzene rings is 1. The molecule has 0 saturated carbocycles. The van der Waals surface area contributed by atoms with Crippen LogP contribution in [0.3, 0.4) is 0 Å². The van der Waals surface area contributed by atoms with Gasteiger partial charge in [0.15, 0.2) is 5.82 Å². The van der Waals surface area contributed by atoms with Crippen LogP contribution >= 0.6 is 0 Å². The second-order valence-electron chi connectivity index (χ2n) is 6.28. The standard InChI is InChI=1S/C17H26N6O/c1-3-15(13-24)22-11-9-21(10-12-22)14(2)17-18-19-20-23(17)16-7-5-4-6-8-16/h4-8,14-15,24H,3,9-13H2,1-2H3/t14-,15-/m1/s1. The Hall–Kier alpha value is -1.83. The zero-order valence-corrected chi connectivity index (χ0v) is 14.4. The fourth-order valence-electron chi connectivity index (χ4n) is 3.36. The molecule has 7 nitrogen and oxygen atoms in total. The number of nitrogens with zero attached hydrogens (tertiary/aromatic N) is 6. The summed E-state index contributed by atoms with van der Waals surface area (Å²) in [5.41, 5.74) is 0.981. The molecule has 0 bridgehead atoms. The first-order valence-corrected chi connectivity index (χ1v) is 8.67. The first-order valence-electron chi connectivity index (χ1n) is 8.67. The Kier molecular flexibility index (Phi) is 5.55. The van der Waals surface area contributed by atoms with Crippen molar-refractivity contribution in [3.63, 3.8) is 0 Å². The number of hydrogen-bond donors (Lipinski definition) is 1. The van der Waals surface area contributed by atoms with E-state index in [0.717, 1.165) is 44.1 Å². The number of piperazine rings is 1. The van der Waals surface area contributed by atoms with Crippen LogP contribution in [0.5, 0.6) is 0 Å². The van der Waals surface area contributed by atoms with Gasteiger partial charge in [0.1, 0.15) is 0 Å². The highest BCUT2D eigenvalue weighted by molar-refractivity contribution is 5.30. The third-order valence-corrected chi connectivity index (χ3v) is 4.96. The van der Waals surface area contributed by atoms with Crippen LogP contribution in [0.25, 0.3) is 5.69 Å². The summed E-state index contributed by atoms with van der Waals surface area (Å²) in [7, 11) is 0. The summed E-state index contributed by atoms with van der Waals surface area (Å²) in [5.74, 6) is 0.865. The molecule has 1 fully saturated rings. The molecule has 2 heterocycles. The smallest absolute Gasteiger partial charge is 0.173 e. The molecule has 1 aromatic heterocycles. The zero-order valence-electron chi connectivity index (χ0n) is 14.4. The maximum absolute atomic E-state index is 9.48. The molecule has 1 aliphatic rings. The Morgan fingerprint density at radius 3 is 2.38 bits per heavy atom. The van der Waals surface area contributed by atoms with Crippen molar-refractivity contribution in [1.82, 2.24) is 30.0 Å². The van der Waals surface area contributed by atoms with E-state index in [9.17, 15) is 5.11 Å². The van der Waals surface area contributed by atoms with Crippen molar-refractivity contribution in [2.24, 2.45) is 0 Å². The minimum absolute atomic E-state index is 0.150. The van der Waals surface area contributed by atoms with Gasteiger partial charge in [-0.2, -0.15) is 4.68 Å². The lowest BCUT2D eigenvalue weighted by atomic mass is 10.1. The number of aliphatic hydroxyl groups excluding tert-OH is 1. The molecule has 3 rings (SSSR count). The van der Waals surface area contributed by atoms with Crippen LogP contribution < -0.4 is 0 Å². The summed E-state index contributed by atoms with van der Waals surface area (Å²) in [5, 5.41) is 21.8. The summed E-state index contributed by atoms with van der Waals surface area (Å²) in [4.78, 5) is 4.79. The van der Waals surface area contributed by atoms with Gasteiger partial charge in [0.05, 0.1) is 18.3 Å². The Balaban J connectivity index is 1.69. The molecular weight excluding hydrogens is 304 g/mol. The van der Waals surface area contributed by atoms with Crippen LogP contribution in [0.1, 0.15) is 32.1 Å². The molecule has 1 saturated heterocycles. The number of tetrazole rings is 1. The molecule has 0 amide bonds. The second-order valence-corrected chi connectivity index (χ2v) is 6.28. The van der Waals surface area contributed by atoms with Gasteiger partial charge in [-0.15, -0.1) is 5.10 Å². The Morgan fingerprint density at radius 2 is 1.75 bits per heavy atom. The van der Waals surface area contributed by atoms with Gasteiger partial charge in [-0.25, -0.2) is 0 Å². The summed E-state index contributed by atoms with van der Waals surface area (Å²) < 4.78 is 1.82. The predicted molar refractivity (Wildman–Crippen MR) is 91.9 cm³/mol. The van der Waals surface area contributed by atoms with Crippen LogP contribution in [0, 0.1) is 0 Å². The van der Waals surface area contributed by atoms with Crippen LogP contribution in [0.4, 0.5) is 0 Å². The third kappa shape index (κ3) is 3.48. The van der Waals surface area contributed by atoms with Crippen LogP contribution in [-0.2, 0) is 0 Å². The Bertz CT molecular complexity index is 619. The van der Waals surface area contributed by atoms with Crippen molar-refractivity contribution in [3.05, 3.63) is 36.2 Å². The van der Waals surface area contributed by atoms with Gasteiger partial charge in [-0.1, -0.05) is 25.1 Å². The number of rotatable bonds is 6. The van der Waals surface area contributed by atoms with Crippen molar-refractivity contribution in [3.8, 4) is 5.69 Å². The van der Waals surface area contributed by atoms with Gasteiger partial charge in [0, 0.05) is 32.2 Å². The second kappa shape index (κ2) is 7.83. The number of aliphatic hydroxyl groups is 1. The number of para-hydroxylation sites is 1. The van der Waals surface area contributed by atoms with Gasteiger partial charge in [-0.05, 0) is 35.9 Å². The van der Waals surface area contributed by atoms with Gasteiger partial charge < -0.3 is 5.11 Å². The summed E-state index contributed by atoms with van der Waals surface area (Å²) in [6, 6.07) is 10.4. The fourth-order valence-corrected chi connectivity index (χ4v) is 3.36. The summed E-state index contributed by atoms with van der Waals surface area (Å²) in [6.07, 6.45) is 0.984. The Labute approximate surface area is 142 Å². The molecule has 1 aliphatic heterocycles. The maximum Gasteiger partial charge on any atom is 0.173 e. The van der Waals surface area contributed by atoms with E-state index in [2.05, 4.69) is 39.2 Å².